The minimum Gasteiger partial charge on any atom is -0.463 e. The Bertz CT molecular complexity index is 464. The zero-order valence-electron chi connectivity index (χ0n) is 9.61. The van der Waals surface area contributed by atoms with Crippen molar-refractivity contribution in [3.05, 3.63) is 23.7 Å². The lowest BCUT2D eigenvalue weighted by atomic mass is 10.4. The van der Waals surface area contributed by atoms with Gasteiger partial charge in [-0.3, -0.25) is 4.79 Å². The normalized spacial score (nSPS) is 9.29. The summed E-state index contributed by atoms with van der Waals surface area (Å²) in [5.41, 5.74) is 0. The Balaban J connectivity index is 2.46. The standard InChI is InChI=1S/C12H12O4S/c1-9(13)17-8-4-3-5-10-6-7-11(16-10)12(14)15-2/h6-7H,4,8H2,1-2H3. The molecule has 0 atom stereocenters. The number of esters is 1. The van der Waals surface area contributed by atoms with Crippen LogP contribution in [0, 0.1) is 11.8 Å². The maximum absolute atomic E-state index is 11.1. The van der Waals surface area contributed by atoms with E-state index in [1.54, 1.807) is 6.07 Å². The summed E-state index contributed by atoms with van der Waals surface area (Å²) in [5.74, 6) is 6.31. The molecule has 0 saturated carbocycles. The number of rotatable bonds is 3. The molecule has 1 heterocycles. The molecule has 0 aliphatic heterocycles. The van der Waals surface area contributed by atoms with E-state index in [2.05, 4.69) is 16.6 Å². The van der Waals surface area contributed by atoms with Crippen LogP contribution in [0.4, 0.5) is 0 Å². The van der Waals surface area contributed by atoms with E-state index in [-0.39, 0.29) is 10.9 Å². The van der Waals surface area contributed by atoms with Gasteiger partial charge in [-0.2, -0.15) is 0 Å². The van der Waals surface area contributed by atoms with Gasteiger partial charge in [-0.1, -0.05) is 17.7 Å². The third kappa shape index (κ3) is 4.79. The van der Waals surface area contributed by atoms with Crippen molar-refractivity contribution in [3.8, 4) is 11.8 Å². The highest BCUT2D eigenvalue weighted by Crippen LogP contribution is 2.08. The summed E-state index contributed by atoms with van der Waals surface area (Å²) < 4.78 is 9.64. The van der Waals surface area contributed by atoms with Crippen LogP contribution in [0.1, 0.15) is 29.7 Å². The van der Waals surface area contributed by atoms with E-state index >= 15 is 0 Å². The number of thioether (sulfide) groups is 1. The molecule has 1 rings (SSSR count). The summed E-state index contributed by atoms with van der Waals surface area (Å²) in [7, 11) is 1.29. The molecule has 0 spiro atoms. The summed E-state index contributed by atoms with van der Waals surface area (Å²) in [4.78, 5) is 21.7. The average Bonchev–Trinajstić information content (AvgIpc) is 2.76. The lowest BCUT2D eigenvalue weighted by molar-refractivity contribution is -0.109. The molecule has 0 N–H and O–H groups in total. The van der Waals surface area contributed by atoms with Gasteiger partial charge >= 0.3 is 5.97 Å². The molecule has 0 amide bonds. The summed E-state index contributed by atoms with van der Waals surface area (Å²) >= 11 is 1.23. The Kier molecular flexibility index (Phi) is 5.37. The summed E-state index contributed by atoms with van der Waals surface area (Å²) in [5, 5.41) is 0.0813. The van der Waals surface area contributed by atoms with Gasteiger partial charge in [0, 0.05) is 19.1 Å². The van der Waals surface area contributed by atoms with Crippen LogP contribution in [0.15, 0.2) is 16.5 Å². The number of carbonyl (C=O) groups is 2. The summed E-state index contributed by atoms with van der Waals surface area (Å²) in [6, 6.07) is 3.12. The van der Waals surface area contributed by atoms with Crippen LogP contribution >= 0.6 is 11.8 Å². The van der Waals surface area contributed by atoms with Crippen molar-refractivity contribution < 1.29 is 18.7 Å². The number of hydrogen-bond donors (Lipinski definition) is 0. The predicted molar refractivity (Wildman–Crippen MR) is 64.7 cm³/mol. The molecule has 0 aliphatic rings. The topological polar surface area (TPSA) is 56.5 Å². The number of hydrogen-bond acceptors (Lipinski definition) is 5. The van der Waals surface area contributed by atoms with Crippen molar-refractivity contribution >= 4 is 22.8 Å². The van der Waals surface area contributed by atoms with Gasteiger partial charge < -0.3 is 9.15 Å². The number of methoxy groups -OCH3 is 1. The van der Waals surface area contributed by atoms with Crippen molar-refractivity contribution in [2.45, 2.75) is 13.3 Å². The van der Waals surface area contributed by atoms with E-state index in [4.69, 9.17) is 4.42 Å². The van der Waals surface area contributed by atoms with E-state index in [0.717, 1.165) is 0 Å². The van der Waals surface area contributed by atoms with Gasteiger partial charge in [-0.15, -0.1) is 0 Å². The first-order chi connectivity index (χ1) is 8.13. The monoisotopic (exact) mass is 252 g/mol. The van der Waals surface area contributed by atoms with Crippen LogP contribution in [0.3, 0.4) is 0 Å². The minimum atomic E-state index is -0.523. The number of carbonyl (C=O) groups excluding carboxylic acids is 2. The van der Waals surface area contributed by atoms with E-state index in [0.29, 0.717) is 17.9 Å². The van der Waals surface area contributed by atoms with Crippen molar-refractivity contribution in [2.24, 2.45) is 0 Å². The van der Waals surface area contributed by atoms with E-state index in [1.165, 1.54) is 31.9 Å². The first kappa shape index (κ1) is 13.4. The second-order valence-corrected chi connectivity index (χ2v) is 4.32. The molecular formula is C12H12O4S. The molecule has 90 valence electrons. The molecular weight excluding hydrogens is 240 g/mol. The predicted octanol–water partition coefficient (Wildman–Crippen LogP) is 2.09. The van der Waals surface area contributed by atoms with E-state index in [1.807, 2.05) is 0 Å². The molecule has 0 aliphatic carbocycles. The summed E-state index contributed by atoms with van der Waals surface area (Å²) in [6.45, 7) is 1.52. The number of furan rings is 1. The molecule has 0 fully saturated rings. The molecule has 1 aromatic rings. The lowest BCUT2D eigenvalue weighted by Gasteiger charge is -1.91. The van der Waals surface area contributed by atoms with Gasteiger partial charge in [0.05, 0.1) is 7.11 Å². The highest BCUT2D eigenvalue weighted by atomic mass is 32.2. The van der Waals surface area contributed by atoms with Crippen molar-refractivity contribution in [2.75, 3.05) is 12.9 Å². The highest BCUT2D eigenvalue weighted by Gasteiger charge is 2.09. The molecule has 0 saturated heterocycles. The first-order valence-electron chi connectivity index (χ1n) is 4.94. The molecule has 5 heteroatoms. The van der Waals surface area contributed by atoms with E-state index < -0.39 is 5.97 Å². The van der Waals surface area contributed by atoms with Crippen LogP contribution < -0.4 is 0 Å². The van der Waals surface area contributed by atoms with Crippen LogP contribution in [-0.2, 0) is 9.53 Å². The van der Waals surface area contributed by atoms with Crippen LogP contribution in [0.5, 0.6) is 0 Å². The molecule has 4 nitrogen and oxygen atoms in total. The fourth-order valence-corrected chi connectivity index (χ4v) is 1.50. The molecule has 0 aromatic carbocycles. The Morgan fingerprint density at radius 1 is 1.47 bits per heavy atom. The molecule has 0 radical (unpaired) electrons. The Hall–Kier alpha value is -1.67. The zero-order valence-corrected chi connectivity index (χ0v) is 10.4. The highest BCUT2D eigenvalue weighted by molar-refractivity contribution is 8.13. The molecule has 0 bridgehead atoms. The maximum Gasteiger partial charge on any atom is 0.374 e. The maximum atomic E-state index is 11.1. The van der Waals surface area contributed by atoms with Crippen molar-refractivity contribution in [3.63, 3.8) is 0 Å². The Labute approximate surface area is 104 Å². The summed E-state index contributed by atoms with van der Waals surface area (Å²) in [6.07, 6.45) is 0.596. The largest absolute Gasteiger partial charge is 0.463 e. The smallest absolute Gasteiger partial charge is 0.374 e. The fourth-order valence-electron chi connectivity index (χ4n) is 1.01. The zero-order chi connectivity index (χ0) is 12.7. The first-order valence-corrected chi connectivity index (χ1v) is 5.92. The fraction of sp³-hybridized carbons (Fsp3) is 0.333. The third-order valence-electron chi connectivity index (χ3n) is 1.74. The van der Waals surface area contributed by atoms with Gasteiger partial charge in [-0.25, -0.2) is 4.79 Å². The second kappa shape index (κ2) is 6.81. The van der Waals surface area contributed by atoms with Gasteiger partial charge in [0.2, 0.25) is 5.76 Å². The second-order valence-electron chi connectivity index (χ2n) is 3.05. The van der Waals surface area contributed by atoms with Crippen LogP contribution in [0.2, 0.25) is 0 Å². The lowest BCUT2D eigenvalue weighted by Crippen LogP contribution is -1.98. The van der Waals surface area contributed by atoms with Crippen molar-refractivity contribution in [1.82, 2.24) is 0 Å². The van der Waals surface area contributed by atoms with Gasteiger partial charge in [-0.05, 0) is 18.1 Å². The van der Waals surface area contributed by atoms with Gasteiger partial charge in [0.1, 0.15) is 0 Å². The average molecular weight is 252 g/mol. The molecule has 17 heavy (non-hydrogen) atoms. The third-order valence-corrected chi connectivity index (χ3v) is 2.55. The van der Waals surface area contributed by atoms with Crippen LogP contribution in [-0.4, -0.2) is 23.9 Å². The SMILES string of the molecule is COC(=O)c1ccc(C#CCCSC(C)=O)o1. The van der Waals surface area contributed by atoms with E-state index in [9.17, 15) is 9.59 Å². The molecule has 0 unspecified atom stereocenters. The molecule has 1 aromatic heterocycles. The Morgan fingerprint density at radius 3 is 2.88 bits per heavy atom. The quantitative estimate of drug-likeness (QED) is 0.468. The van der Waals surface area contributed by atoms with Crippen LogP contribution in [0.25, 0.3) is 0 Å². The van der Waals surface area contributed by atoms with Gasteiger partial charge in [0.25, 0.3) is 0 Å². The van der Waals surface area contributed by atoms with Crippen molar-refractivity contribution in [1.29, 1.82) is 0 Å². The van der Waals surface area contributed by atoms with Gasteiger partial charge in [0.15, 0.2) is 10.9 Å². The minimum absolute atomic E-state index is 0.0813. The Morgan fingerprint density at radius 2 is 2.24 bits per heavy atom. The number of ether oxygens (including phenoxy) is 1.